The maximum Gasteiger partial charge on any atom is -0.0272 e. The first-order valence-corrected chi connectivity index (χ1v) is 11.5. The molecule has 0 heteroatoms. The van der Waals surface area contributed by atoms with Gasteiger partial charge in [0, 0.05) is 0 Å². The highest BCUT2D eigenvalue weighted by molar-refractivity contribution is 4.96. The van der Waals surface area contributed by atoms with Crippen LogP contribution in [-0.4, -0.2) is 0 Å². The summed E-state index contributed by atoms with van der Waals surface area (Å²) < 4.78 is 0. The van der Waals surface area contributed by atoms with Gasteiger partial charge in [-0.05, 0) is 64.1 Å². The molecule has 158 valence electrons. The fourth-order valence-electron chi connectivity index (χ4n) is 5.09. The Morgan fingerprint density at radius 3 is 0.923 bits per heavy atom. The van der Waals surface area contributed by atoms with Crippen molar-refractivity contribution in [3.8, 4) is 0 Å². The summed E-state index contributed by atoms with van der Waals surface area (Å²) in [6, 6.07) is 0. The smallest absolute Gasteiger partial charge is 0.0272 e. The summed E-state index contributed by atoms with van der Waals surface area (Å²) in [6.07, 6.45) is 0. The first kappa shape index (κ1) is 26.0. The average molecular weight is 367 g/mol. The molecule has 0 spiro atoms. The average Bonchev–Trinajstić information content (AvgIpc) is 2.56. The van der Waals surface area contributed by atoms with Crippen LogP contribution >= 0.6 is 0 Å². The third kappa shape index (κ3) is 5.29. The van der Waals surface area contributed by atoms with Crippen LogP contribution in [-0.2, 0) is 0 Å². The zero-order valence-electron chi connectivity index (χ0n) is 21.2. The fraction of sp³-hybridized carbons (Fsp3) is 1.00. The van der Waals surface area contributed by atoms with Gasteiger partial charge in [-0.25, -0.2) is 0 Å². The Morgan fingerprint density at radius 2 is 0.615 bits per heavy atom. The number of hydrogen-bond donors (Lipinski definition) is 0. The zero-order valence-corrected chi connectivity index (χ0v) is 21.2. The van der Waals surface area contributed by atoms with Crippen LogP contribution in [0.15, 0.2) is 0 Å². The van der Waals surface area contributed by atoms with Gasteiger partial charge in [0.15, 0.2) is 0 Å². The van der Waals surface area contributed by atoms with E-state index in [4.69, 9.17) is 0 Å². The van der Waals surface area contributed by atoms with Gasteiger partial charge in [0.2, 0.25) is 0 Å². The van der Waals surface area contributed by atoms with Gasteiger partial charge in [0.25, 0.3) is 0 Å². The van der Waals surface area contributed by atoms with Crippen LogP contribution in [0.5, 0.6) is 0 Å². The molecule has 0 amide bonds. The molecule has 0 radical (unpaired) electrons. The second kappa shape index (κ2) is 9.47. The number of rotatable bonds is 10. The van der Waals surface area contributed by atoms with Gasteiger partial charge in [-0.3, -0.25) is 0 Å². The van der Waals surface area contributed by atoms with Crippen LogP contribution in [0.3, 0.4) is 0 Å². The molecule has 0 heterocycles. The van der Waals surface area contributed by atoms with Crippen molar-refractivity contribution < 1.29 is 0 Å². The summed E-state index contributed by atoms with van der Waals surface area (Å²) in [5, 5.41) is 0. The van der Waals surface area contributed by atoms with Crippen LogP contribution in [0, 0.1) is 64.1 Å². The van der Waals surface area contributed by atoms with Gasteiger partial charge >= 0.3 is 0 Å². The van der Waals surface area contributed by atoms with Crippen LogP contribution in [0.1, 0.15) is 104 Å². The Labute approximate surface area is 168 Å². The predicted octanol–water partition coefficient (Wildman–Crippen LogP) is 8.80. The van der Waals surface area contributed by atoms with E-state index < -0.39 is 0 Å². The van der Waals surface area contributed by atoms with Crippen LogP contribution < -0.4 is 0 Å². The summed E-state index contributed by atoms with van der Waals surface area (Å²) in [5.41, 5.74) is 0.626. The molecule has 0 aromatic rings. The van der Waals surface area contributed by atoms with Crippen molar-refractivity contribution in [2.75, 3.05) is 0 Å². The van der Waals surface area contributed by atoms with Crippen molar-refractivity contribution in [3.63, 3.8) is 0 Å². The molecule has 0 aliphatic heterocycles. The molecular formula is C26H54. The third-order valence-electron chi connectivity index (χ3n) is 10.1. The van der Waals surface area contributed by atoms with Crippen molar-refractivity contribution in [2.45, 2.75) is 104 Å². The highest BCUT2D eigenvalue weighted by atomic mass is 14.5. The molecule has 0 aromatic heterocycles. The van der Waals surface area contributed by atoms with Gasteiger partial charge in [-0.2, -0.15) is 0 Å². The van der Waals surface area contributed by atoms with Crippen molar-refractivity contribution in [1.29, 1.82) is 0 Å². The quantitative estimate of drug-likeness (QED) is 0.362. The van der Waals surface area contributed by atoms with Crippen LogP contribution in [0.2, 0.25) is 0 Å². The molecule has 0 rings (SSSR count). The van der Waals surface area contributed by atoms with Crippen LogP contribution in [0.25, 0.3) is 0 Å². The van der Waals surface area contributed by atoms with E-state index in [9.17, 15) is 0 Å². The topological polar surface area (TPSA) is 0 Å². The minimum atomic E-state index is 0.310. The van der Waals surface area contributed by atoms with Gasteiger partial charge in [0.05, 0.1) is 0 Å². The minimum Gasteiger partial charge on any atom is -0.0625 e. The molecule has 0 aliphatic rings. The lowest BCUT2D eigenvalue weighted by atomic mass is 9.51. The Hall–Kier alpha value is 0. The van der Waals surface area contributed by atoms with E-state index in [0.29, 0.717) is 16.7 Å². The fourth-order valence-corrected chi connectivity index (χ4v) is 5.09. The van der Waals surface area contributed by atoms with Crippen molar-refractivity contribution in [3.05, 3.63) is 0 Å². The predicted molar refractivity (Wildman–Crippen MR) is 121 cm³/mol. The normalized spacial score (nSPS) is 22.0. The van der Waals surface area contributed by atoms with E-state index in [1.54, 1.807) is 0 Å². The molecule has 0 unspecified atom stereocenters. The van der Waals surface area contributed by atoms with E-state index in [0.717, 1.165) is 47.3 Å². The highest BCUT2D eigenvalue weighted by Gasteiger charge is 2.48. The zero-order chi connectivity index (χ0) is 21.2. The van der Waals surface area contributed by atoms with Gasteiger partial charge in [0.1, 0.15) is 0 Å². The molecule has 0 aromatic carbocycles. The first-order chi connectivity index (χ1) is 11.5. The Bertz CT molecular complexity index is 400. The lowest BCUT2D eigenvalue weighted by molar-refractivity contribution is -0.0561. The summed E-state index contributed by atoms with van der Waals surface area (Å²) in [5.74, 6) is 6.76. The van der Waals surface area contributed by atoms with Crippen LogP contribution in [0.4, 0.5) is 0 Å². The summed E-state index contributed by atoms with van der Waals surface area (Å²) >= 11 is 0. The molecule has 0 nitrogen and oxygen atoms in total. The van der Waals surface area contributed by atoms with E-state index >= 15 is 0 Å². The van der Waals surface area contributed by atoms with Crippen molar-refractivity contribution in [2.24, 2.45) is 64.1 Å². The second-order valence-corrected chi connectivity index (χ2v) is 11.8. The van der Waals surface area contributed by atoms with Gasteiger partial charge in [-0.1, -0.05) is 104 Å². The molecule has 0 saturated heterocycles. The SMILES string of the molecule is CC(C)[C@@H](C)[C@@H](C)C(C)(C)C(C)(C)[C@@H](C)[C@@H](C)[C@H](C)[C@H](C)[C@@H](C)C(C)C. The van der Waals surface area contributed by atoms with E-state index in [2.05, 4.69) is 104 Å². The van der Waals surface area contributed by atoms with Crippen molar-refractivity contribution in [1.82, 2.24) is 0 Å². The maximum absolute atomic E-state index is 2.54. The monoisotopic (exact) mass is 366 g/mol. The Balaban J connectivity index is 5.50. The summed E-state index contributed by atoms with van der Waals surface area (Å²) in [4.78, 5) is 0. The van der Waals surface area contributed by atoms with E-state index in [-0.39, 0.29) is 0 Å². The molecule has 7 atom stereocenters. The molecule has 0 aliphatic carbocycles. The van der Waals surface area contributed by atoms with E-state index in [1.807, 2.05) is 0 Å². The molecule has 0 fully saturated rings. The summed E-state index contributed by atoms with van der Waals surface area (Å²) in [7, 11) is 0. The Morgan fingerprint density at radius 1 is 0.346 bits per heavy atom. The highest BCUT2D eigenvalue weighted by Crippen LogP contribution is 2.55. The Kier molecular flexibility index (Phi) is 9.47. The number of hydrogen-bond acceptors (Lipinski definition) is 0. The van der Waals surface area contributed by atoms with Gasteiger partial charge in [-0.15, -0.1) is 0 Å². The standard InChI is InChI=1S/C26H54/c1-16(2)18(5)20(7)21(8)22(9)24(11)26(14,15)25(12,13)23(10)19(6)17(3)4/h16-24H,1-15H3/t18-,19+,20+,21+,22-,23+,24-/m0/s1. The molecule has 0 saturated carbocycles. The third-order valence-corrected chi connectivity index (χ3v) is 10.1. The largest absolute Gasteiger partial charge is 0.0625 e. The molecule has 26 heavy (non-hydrogen) atoms. The lowest BCUT2D eigenvalue weighted by Gasteiger charge is -2.54. The lowest BCUT2D eigenvalue weighted by Crippen LogP contribution is -2.48. The molecular weight excluding hydrogens is 312 g/mol. The maximum atomic E-state index is 2.54. The molecule has 0 N–H and O–H groups in total. The van der Waals surface area contributed by atoms with Gasteiger partial charge < -0.3 is 0 Å². The summed E-state index contributed by atoms with van der Waals surface area (Å²) in [6.45, 7) is 37.1. The second-order valence-electron chi connectivity index (χ2n) is 11.8. The van der Waals surface area contributed by atoms with E-state index in [1.165, 1.54) is 0 Å². The minimum absolute atomic E-state index is 0.310. The molecule has 0 bridgehead atoms. The first-order valence-electron chi connectivity index (χ1n) is 11.5. The van der Waals surface area contributed by atoms with Crippen molar-refractivity contribution >= 4 is 0 Å².